The Hall–Kier alpha value is -3.11. The third-order valence-corrected chi connectivity index (χ3v) is 5.88. The molecule has 0 saturated carbocycles. The lowest BCUT2D eigenvalue weighted by atomic mass is 10.1. The van der Waals surface area contributed by atoms with Crippen molar-refractivity contribution in [2.24, 2.45) is 0 Å². The molecule has 2 aromatic carbocycles. The number of nitrogens with one attached hydrogen (secondary N) is 1. The predicted octanol–water partition coefficient (Wildman–Crippen LogP) is 5.75. The van der Waals surface area contributed by atoms with E-state index in [2.05, 4.69) is 15.3 Å². The van der Waals surface area contributed by atoms with Gasteiger partial charge in [-0.3, -0.25) is 9.36 Å². The molecule has 0 unspecified atom stereocenters. The number of amides is 1. The third-order valence-electron chi connectivity index (χ3n) is 4.24. The summed E-state index contributed by atoms with van der Waals surface area (Å²) < 4.78 is 41.5. The number of thiazole rings is 1. The van der Waals surface area contributed by atoms with Gasteiger partial charge in [0.1, 0.15) is 0 Å². The number of benzene rings is 2. The van der Waals surface area contributed by atoms with E-state index in [1.165, 1.54) is 17.4 Å². The Labute approximate surface area is 184 Å². The zero-order valence-electron chi connectivity index (χ0n) is 15.8. The minimum atomic E-state index is -4.47. The summed E-state index contributed by atoms with van der Waals surface area (Å²) in [7, 11) is 0. The van der Waals surface area contributed by atoms with Crippen molar-refractivity contribution < 1.29 is 18.0 Å². The molecule has 0 bridgehead atoms. The largest absolute Gasteiger partial charge is 0.416 e. The number of alkyl halides is 3. The zero-order chi connectivity index (χ0) is 21.8. The molecule has 0 aliphatic heterocycles. The molecule has 0 aliphatic rings. The highest BCUT2D eigenvalue weighted by atomic mass is 32.2. The van der Waals surface area contributed by atoms with E-state index in [4.69, 9.17) is 0 Å². The number of imidazole rings is 1. The summed E-state index contributed by atoms with van der Waals surface area (Å²) in [5.74, 6) is -0.246. The molecule has 2 heterocycles. The number of hydrogen-bond acceptors (Lipinski definition) is 5. The molecule has 5 nitrogen and oxygen atoms in total. The summed E-state index contributed by atoms with van der Waals surface area (Å²) >= 11 is 2.43. The molecule has 0 fully saturated rings. The van der Waals surface area contributed by atoms with Crippen LogP contribution < -0.4 is 5.32 Å². The first-order valence-electron chi connectivity index (χ1n) is 9.05. The van der Waals surface area contributed by atoms with E-state index in [1.54, 1.807) is 28.4 Å². The molecular formula is C21H15F3N4OS2. The molecule has 0 spiro atoms. The normalized spacial score (nSPS) is 11.5. The van der Waals surface area contributed by atoms with Gasteiger partial charge in [-0.25, -0.2) is 9.97 Å². The maximum atomic E-state index is 13.3. The molecule has 0 aliphatic carbocycles. The van der Waals surface area contributed by atoms with Gasteiger partial charge in [0.2, 0.25) is 5.91 Å². The van der Waals surface area contributed by atoms with Crippen LogP contribution in [0.5, 0.6) is 0 Å². The van der Waals surface area contributed by atoms with Crippen molar-refractivity contribution in [1.29, 1.82) is 0 Å². The average Bonchev–Trinajstić information content (AvgIpc) is 3.42. The molecule has 158 valence electrons. The van der Waals surface area contributed by atoms with Crippen LogP contribution >= 0.6 is 23.1 Å². The summed E-state index contributed by atoms with van der Waals surface area (Å²) in [4.78, 5) is 20.6. The fourth-order valence-electron chi connectivity index (χ4n) is 2.89. The number of carbonyl (C=O) groups is 1. The Morgan fingerprint density at radius 2 is 1.90 bits per heavy atom. The second-order valence-corrected chi connectivity index (χ2v) is 8.19. The molecule has 0 saturated heterocycles. The Morgan fingerprint density at radius 1 is 1.10 bits per heavy atom. The van der Waals surface area contributed by atoms with Crippen LogP contribution in [0.4, 0.5) is 18.3 Å². The quantitative estimate of drug-likeness (QED) is 0.373. The number of halogens is 3. The fraction of sp³-hybridized carbons (Fsp3) is 0.0952. The van der Waals surface area contributed by atoms with Crippen molar-refractivity contribution in [2.75, 3.05) is 11.1 Å². The smallest absolute Gasteiger partial charge is 0.301 e. The van der Waals surface area contributed by atoms with Crippen LogP contribution in [0.15, 0.2) is 77.5 Å². The third kappa shape index (κ3) is 4.97. The summed E-state index contributed by atoms with van der Waals surface area (Å²) in [5.41, 5.74) is 0.985. The van der Waals surface area contributed by atoms with E-state index < -0.39 is 11.7 Å². The standard InChI is InChI=1S/C21H15F3N4OS2/c22-21(23,24)15-7-4-8-16(11-15)28-17(14-5-2-1-3-6-14)12-26-20(28)31-13-18(29)27-19-25-9-10-30-19/h1-12H,13H2,(H,25,27,29). The van der Waals surface area contributed by atoms with Gasteiger partial charge < -0.3 is 5.32 Å². The second kappa shape index (κ2) is 8.94. The van der Waals surface area contributed by atoms with E-state index in [1.807, 2.05) is 30.3 Å². The summed E-state index contributed by atoms with van der Waals surface area (Å²) in [6, 6.07) is 14.3. The van der Waals surface area contributed by atoms with E-state index in [0.29, 0.717) is 21.7 Å². The van der Waals surface area contributed by atoms with E-state index in [-0.39, 0.29) is 11.7 Å². The monoisotopic (exact) mass is 460 g/mol. The number of thioether (sulfide) groups is 1. The highest BCUT2D eigenvalue weighted by Crippen LogP contribution is 2.34. The van der Waals surface area contributed by atoms with Crippen LogP contribution in [0.2, 0.25) is 0 Å². The van der Waals surface area contributed by atoms with Crippen molar-refractivity contribution >= 4 is 34.1 Å². The molecule has 0 radical (unpaired) electrons. The highest BCUT2D eigenvalue weighted by molar-refractivity contribution is 7.99. The number of rotatable bonds is 6. The second-order valence-electron chi connectivity index (χ2n) is 6.35. The Morgan fingerprint density at radius 3 is 2.61 bits per heavy atom. The summed E-state index contributed by atoms with van der Waals surface area (Å²) in [5, 5.41) is 5.32. The van der Waals surface area contributed by atoms with Crippen molar-refractivity contribution in [3.8, 4) is 16.9 Å². The number of nitrogens with zero attached hydrogens (tertiary/aromatic N) is 3. The molecule has 1 N–H and O–H groups in total. The number of carbonyl (C=O) groups excluding carboxylic acids is 1. The molecule has 2 aromatic heterocycles. The topological polar surface area (TPSA) is 59.8 Å². The lowest BCUT2D eigenvalue weighted by molar-refractivity contribution is -0.137. The zero-order valence-corrected chi connectivity index (χ0v) is 17.5. The van der Waals surface area contributed by atoms with Crippen LogP contribution in [0.25, 0.3) is 16.9 Å². The van der Waals surface area contributed by atoms with Crippen LogP contribution in [-0.4, -0.2) is 26.2 Å². The van der Waals surface area contributed by atoms with Crippen LogP contribution in [0, 0.1) is 0 Å². The SMILES string of the molecule is O=C(CSc1ncc(-c2ccccc2)n1-c1cccc(C(F)(F)F)c1)Nc1nccs1. The first-order valence-corrected chi connectivity index (χ1v) is 10.9. The van der Waals surface area contributed by atoms with Gasteiger partial charge in [-0.2, -0.15) is 13.2 Å². The van der Waals surface area contributed by atoms with Crippen molar-refractivity contribution in [2.45, 2.75) is 11.3 Å². The van der Waals surface area contributed by atoms with Crippen LogP contribution in [-0.2, 0) is 11.0 Å². The van der Waals surface area contributed by atoms with Crippen molar-refractivity contribution in [3.63, 3.8) is 0 Å². The van der Waals surface area contributed by atoms with Gasteiger partial charge in [-0.1, -0.05) is 48.2 Å². The molecule has 1 amide bonds. The summed E-state index contributed by atoms with van der Waals surface area (Å²) in [6.07, 6.45) is -1.29. The van der Waals surface area contributed by atoms with Gasteiger partial charge in [-0.15, -0.1) is 11.3 Å². The van der Waals surface area contributed by atoms with Gasteiger partial charge in [-0.05, 0) is 18.2 Å². The molecule has 0 atom stereocenters. The van der Waals surface area contributed by atoms with Crippen LogP contribution in [0.3, 0.4) is 0 Å². The number of hydrogen-bond donors (Lipinski definition) is 1. The van der Waals surface area contributed by atoms with Gasteiger partial charge >= 0.3 is 6.18 Å². The van der Waals surface area contributed by atoms with Gasteiger partial charge in [0.05, 0.1) is 23.2 Å². The number of aromatic nitrogens is 3. The molecular weight excluding hydrogens is 445 g/mol. The maximum absolute atomic E-state index is 13.3. The summed E-state index contributed by atoms with van der Waals surface area (Å²) in [6.45, 7) is 0. The van der Waals surface area contributed by atoms with E-state index >= 15 is 0 Å². The maximum Gasteiger partial charge on any atom is 0.416 e. The minimum Gasteiger partial charge on any atom is -0.301 e. The first-order chi connectivity index (χ1) is 14.9. The van der Waals surface area contributed by atoms with Crippen LogP contribution in [0.1, 0.15) is 5.56 Å². The lowest BCUT2D eigenvalue weighted by Gasteiger charge is -2.14. The van der Waals surface area contributed by atoms with E-state index in [9.17, 15) is 18.0 Å². The first kappa shape index (κ1) is 21.1. The Balaban J connectivity index is 1.68. The molecule has 31 heavy (non-hydrogen) atoms. The lowest BCUT2D eigenvalue weighted by Crippen LogP contribution is -2.14. The van der Waals surface area contributed by atoms with Gasteiger partial charge in [0.15, 0.2) is 10.3 Å². The average molecular weight is 461 g/mol. The minimum absolute atomic E-state index is 0.0315. The van der Waals surface area contributed by atoms with Crippen molar-refractivity contribution in [3.05, 3.63) is 77.9 Å². The molecule has 4 aromatic rings. The van der Waals surface area contributed by atoms with Gasteiger partial charge in [0.25, 0.3) is 0 Å². The number of anilines is 1. The van der Waals surface area contributed by atoms with Crippen molar-refractivity contribution in [1.82, 2.24) is 14.5 Å². The Kier molecular flexibility index (Phi) is 6.10. The molecule has 4 rings (SSSR count). The predicted molar refractivity (Wildman–Crippen MR) is 115 cm³/mol. The molecule has 10 heteroatoms. The Bertz CT molecular complexity index is 1180. The fourth-order valence-corrected chi connectivity index (χ4v) is 4.23. The van der Waals surface area contributed by atoms with E-state index in [0.717, 1.165) is 29.5 Å². The highest BCUT2D eigenvalue weighted by Gasteiger charge is 2.31. The van der Waals surface area contributed by atoms with Gasteiger partial charge in [0, 0.05) is 22.8 Å².